The molecule has 3 aromatic rings. The number of hydrogen-bond acceptors (Lipinski definition) is 6. The van der Waals surface area contributed by atoms with Crippen molar-refractivity contribution in [3.8, 4) is 29.2 Å². The molecule has 0 N–H and O–H groups in total. The van der Waals surface area contributed by atoms with Crippen LogP contribution >= 0.6 is 35.0 Å². The maximum Gasteiger partial charge on any atom is 0.233 e. The molecule has 0 aliphatic carbocycles. The quantitative estimate of drug-likeness (QED) is 0.371. The average Bonchev–Trinajstić information content (AvgIpc) is 3.24. The molecule has 1 heterocycles. The predicted octanol–water partition coefficient (Wildman–Crippen LogP) is 5.30. The molecular formula is C23H20Cl2N6OS. The number of rotatable bonds is 9. The third-order valence-electron chi connectivity index (χ3n) is 4.81. The summed E-state index contributed by atoms with van der Waals surface area (Å²) in [5, 5.41) is 28.2. The summed E-state index contributed by atoms with van der Waals surface area (Å²) < 4.78 is 1.85. The van der Waals surface area contributed by atoms with Crippen LogP contribution < -0.4 is 0 Å². The molecule has 0 radical (unpaired) electrons. The summed E-state index contributed by atoms with van der Waals surface area (Å²) in [6.07, 6.45) is 0.418. The van der Waals surface area contributed by atoms with Crippen LogP contribution in [0.15, 0.2) is 47.6 Å². The zero-order valence-electron chi connectivity index (χ0n) is 17.8. The summed E-state index contributed by atoms with van der Waals surface area (Å²) in [5.74, 6) is 0.511. The maximum atomic E-state index is 12.8. The van der Waals surface area contributed by atoms with Gasteiger partial charge in [0.05, 0.1) is 36.4 Å². The fourth-order valence-electron chi connectivity index (χ4n) is 3.05. The van der Waals surface area contributed by atoms with Gasteiger partial charge in [-0.25, -0.2) is 0 Å². The monoisotopic (exact) mass is 498 g/mol. The molecule has 0 spiro atoms. The van der Waals surface area contributed by atoms with Crippen molar-refractivity contribution in [2.75, 3.05) is 18.8 Å². The van der Waals surface area contributed by atoms with Crippen molar-refractivity contribution in [1.29, 1.82) is 10.5 Å². The first-order chi connectivity index (χ1) is 15.9. The molecule has 0 saturated carbocycles. The zero-order chi connectivity index (χ0) is 23.8. The second kappa shape index (κ2) is 11.7. The molecule has 10 heteroatoms. The van der Waals surface area contributed by atoms with Crippen molar-refractivity contribution < 1.29 is 4.79 Å². The Kier molecular flexibility index (Phi) is 8.73. The van der Waals surface area contributed by atoms with Crippen LogP contribution in [0.3, 0.4) is 0 Å². The molecule has 7 nitrogen and oxygen atoms in total. The highest BCUT2D eigenvalue weighted by Gasteiger charge is 2.20. The lowest BCUT2D eigenvalue weighted by atomic mass is 10.2. The summed E-state index contributed by atoms with van der Waals surface area (Å²) in [6.45, 7) is 2.49. The van der Waals surface area contributed by atoms with Crippen molar-refractivity contribution in [3.63, 3.8) is 0 Å². The fraction of sp³-hybridized carbons (Fsp3) is 0.261. The molecule has 1 amide bonds. The minimum atomic E-state index is -0.171. The van der Waals surface area contributed by atoms with Gasteiger partial charge in [0.25, 0.3) is 0 Å². The molecule has 0 fully saturated rings. The number of halogens is 2. The molecule has 1 aromatic heterocycles. The molecule has 168 valence electrons. The fourth-order valence-corrected chi connectivity index (χ4v) is 4.21. The van der Waals surface area contributed by atoms with Gasteiger partial charge in [0, 0.05) is 28.7 Å². The highest BCUT2D eigenvalue weighted by atomic mass is 35.5. The Bertz CT molecular complexity index is 1200. The van der Waals surface area contributed by atoms with Crippen molar-refractivity contribution in [1.82, 2.24) is 19.7 Å². The molecule has 0 aliphatic rings. The molecule has 0 bridgehead atoms. The number of nitriles is 2. The number of thioether (sulfide) groups is 1. The van der Waals surface area contributed by atoms with Crippen LogP contribution in [-0.2, 0) is 4.79 Å². The Balaban J connectivity index is 1.92. The second-order valence-electron chi connectivity index (χ2n) is 7.07. The number of benzene rings is 2. The van der Waals surface area contributed by atoms with Gasteiger partial charge < -0.3 is 4.90 Å². The summed E-state index contributed by atoms with van der Waals surface area (Å²) >= 11 is 13.7. The molecular weight excluding hydrogens is 479 g/mol. The van der Waals surface area contributed by atoms with Gasteiger partial charge in [0.1, 0.15) is 0 Å². The Morgan fingerprint density at radius 3 is 2.33 bits per heavy atom. The van der Waals surface area contributed by atoms with E-state index in [1.807, 2.05) is 54.0 Å². The Morgan fingerprint density at radius 1 is 1.06 bits per heavy atom. The lowest BCUT2D eigenvalue weighted by molar-refractivity contribution is -0.128. The highest BCUT2D eigenvalue weighted by Crippen LogP contribution is 2.30. The normalized spacial score (nSPS) is 10.5. The SMILES string of the molecule is Cc1ccc(-n2c(SCC(=O)N(CCC#N)CCC#N)nnc2-c2ccc(Cl)cc2)cc1Cl. The van der Waals surface area contributed by atoms with E-state index in [0.717, 1.165) is 16.8 Å². The summed E-state index contributed by atoms with van der Waals surface area (Å²) in [5.41, 5.74) is 2.52. The standard InChI is InChI=1S/C23H20Cl2N6OS/c1-16-4-9-19(14-20(16)25)31-22(17-5-7-18(24)8-6-17)28-29-23(31)33-15-21(32)30(12-2-10-26)13-3-11-27/h4-9,14H,2-3,12-13,15H2,1H3. The number of carbonyl (C=O) groups excluding carboxylic acids is 1. The van der Waals surface area contributed by atoms with Crippen LogP contribution in [0.25, 0.3) is 17.1 Å². The summed E-state index contributed by atoms with van der Waals surface area (Å²) in [7, 11) is 0. The molecule has 0 atom stereocenters. The molecule has 2 aromatic carbocycles. The third kappa shape index (κ3) is 6.27. The second-order valence-corrected chi connectivity index (χ2v) is 8.85. The van der Waals surface area contributed by atoms with E-state index in [9.17, 15) is 4.79 Å². The molecule has 0 unspecified atom stereocenters. The van der Waals surface area contributed by atoms with Crippen LogP contribution in [-0.4, -0.2) is 44.4 Å². The Labute approximate surface area is 206 Å². The van der Waals surface area contributed by atoms with E-state index in [2.05, 4.69) is 10.2 Å². The van der Waals surface area contributed by atoms with Gasteiger partial charge >= 0.3 is 0 Å². The zero-order valence-corrected chi connectivity index (χ0v) is 20.2. The largest absolute Gasteiger partial charge is 0.340 e. The Hall–Kier alpha value is -3.04. The number of aryl methyl sites for hydroxylation is 1. The minimum Gasteiger partial charge on any atom is -0.340 e. The smallest absolute Gasteiger partial charge is 0.233 e. The summed E-state index contributed by atoms with van der Waals surface area (Å²) in [4.78, 5) is 14.3. The van der Waals surface area contributed by atoms with Gasteiger partial charge in [-0.15, -0.1) is 10.2 Å². The maximum absolute atomic E-state index is 12.8. The number of nitrogens with zero attached hydrogens (tertiary/aromatic N) is 6. The lowest BCUT2D eigenvalue weighted by Gasteiger charge is -2.20. The van der Waals surface area contributed by atoms with Crippen LogP contribution in [0.1, 0.15) is 18.4 Å². The molecule has 0 aliphatic heterocycles. The third-order valence-corrected chi connectivity index (χ3v) is 6.39. The van der Waals surface area contributed by atoms with E-state index in [0.29, 0.717) is 21.0 Å². The van der Waals surface area contributed by atoms with Gasteiger partial charge in [-0.3, -0.25) is 9.36 Å². The van der Waals surface area contributed by atoms with Gasteiger partial charge in [-0.2, -0.15) is 10.5 Å². The van der Waals surface area contributed by atoms with Crippen molar-refractivity contribution in [2.45, 2.75) is 24.9 Å². The van der Waals surface area contributed by atoms with Crippen molar-refractivity contribution in [2.24, 2.45) is 0 Å². The Morgan fingerprint density at radius 2 is 1.73 bits per heavy atom. The van der Waals surface area contributed by atoms with Crippen molar-refractivity contribution >= 4 is 40.9 Å². The lowest BCUT2D eigenvalue weighted by Crippen LogP contribution is -2.34. The van der Waals surface area contributed by atoms with E-state index < -0.39 is 0 Å². The molecule has 3 rings (SSSR count). The topological polar surface area (TPSA) is 98.6 Å². The van der Waals surface area contributed by atoms with Crippen LogP contribution in [0.5, 0.6) is 0 Å². The molecule has 33 heavy (non-hydrogen) atoms. The number of amides is 1. The highest BCUT2D eigenvalue weighted by molar-refractivity contribution is 7.99. The van der Waals surface area contributed by atoms with Gasteiger partial charge in [0.2, 0.25) is 5.91 Å². The van der Waals surface area contributed by atoms with E-state index in [-0.39, 0.29) is 37.6 Å². The summed E-state index contributed by atoms with van der Waals surface area (Å²) in [6, 6.07) is 17.0. The van der Waals surface area contributed by atoms with Gasteiger partial charge in [-0.1, -0.05) is 41.0 Å². The number of aromatic nitrogens is 3. The van der Waals surface area contributed by atoms with Crippen molar-refractivity contribution in [3.05, 3.63) is 58.1 Å². The van der Waals surface area contributed by atoms with Crippen LogP contribution in [0.2, 0.25) is 10.0 Å². The van der Waals surface area contributed by atoms with Gasteiger partial charge in [-0.05, 0) is 48.9 Å². The van der Waals surface area contributed by atoms with Crippen LogP contribution in [0, 0.1) is 29.6 Å². The van der Waals surface area contributed by atoms with E-state index in [4.69, 9.17) is 33.7 Å². The minimum absolute atomic E-state index is 0.0925. The van der Waals surface area contributed by atoms with E-state index in [1.54, 1.807) is 12.1 Å². The first-order valence-electron chi connectivity index (χ1n) is 10.1. The number of carbonyl (C=O) groups is 1. The molecule has 0 saturated heterocycles. The predicted molar refractivity (Wildman–Crippen MR) is 129 cm³/mol. The first-order valence-corrected chi connectivity index (χ1v) is 11.8. The van der Waals surface area contributed by atoms with E-state index in [1.165, 1.54) is 16.7 Å². The van der Waals surface area contributed by atoms with Crippen LogP contribution in [0.4, 0.5) is 0 Å². The average molecular weight is 499 g/mol. The first kappa shape index (κ1) is 24.6. The van der Waals surface area contributed by atoms with Gasteiger partial charge in [0.15, 0.2) is 11.0 Å². The number of hydrogen-bond donors (Lipinski definition) is 0. The van der Waals surface area contributed by atoms with E-state index >= 15 is 0 Å².